The summed E-state index contributed by atoms with van der Waals surface area (Å²) in [6, 6.07) is 5.24. The maximum atomic E-state index is 11.4. The van der Waals surface area contributed by atoms with Gasteiger partial charge in [0.2, 0.25) is 0 Å². The van der Waals surface area contributed by atoms with E-state index in [1.807, 2.05) is 6.92 Å². The van der Waals surface area contributed by atoms with Gasteiger partial charge in [0.05, 0.1) is 12.4 Å². The van der Waals surface area contributed by atoms with E-state index in [0.29, 0.717) is 17.9 Å². The Balaban J connectivity index is 2.06. The predicted octanol–water partition coefficient (Wildman–Crippen LogP) is 2.04. The normalized spacial score (nSPS) is 10.8. The molecule has 3 aromatic heterocycles. The zero-order valence-corrected chi connectivity index (χ0v) is 10.7. The number of carbonyl (C=O) groups is 1. The first kappa shape index (κ1) is 12.2. The molecule has 3 rings (SSSR count). The number of carboxylic acids is 1. The van der Waals surface area contributed by atoms with Crippen molar-refractivity contribution in [2.75, 3.05) is 0 Å². The maximum absolute atomic E-state index is 11.4. The van der Waals surface area contributed by atoms with Crippen molar-refractivity contribution < 1.29 is 14.6 Å². The lowest BCUT2D eigenvalue weighted by atomic mass is 10.4. The second-order valence-corrected chi connectivity index (χ2v) is 4.13. The van der Waals surface area contributed by atoms with E-state index in [2.05, 4.69) is 10.1 Å². The molecule has 1 N–H and O–H groups in total. The van der Waals surface area contributed by atoms with E-state index >= 15 is 0 Å². The lowest BCUT2D eigenvalue weighted by molar-refractivity contribution is 0.0686. The molecule has 0 spiro atoms. The highest BCUT2D eigenvalue weighted by atomic mass is 16.5. The molecule has 0 aliphatic rings. The maximum Gasteiger partial charge on any atom is 0.358 e. The van der Waals surface area contributed by atoms with Crippen LogP contribution in [0.1, 0.15) is 17.4 Å². The van der Waals surface area contributed by atoms with Crippen LogP contribution in [-0.4, -0.2) is 30.2 Å². The molecule has 0 saturated heterocycles. The first-order valence-corrected chi connectivity index (χ1v) is 6.09. The molecule has 0 bridgehead atoms. The number of pyridine rings is 1. The van der Waals surface area contributed by atoms with Crippen LogP contribution >= 0.6 is 0 Å². The Labute approximate surface area is 114 Å². The van der Waals surface area contributed by atoms with Gasteiger partial charge in [-0.1, -0.05) is 6.07 Å². The van der Waals surface area contributed by atoms with Crippen LogP contribution in [0.4, 0.5) is 0 Å². The molecule has 0 radical (unpaired) electrons. The number of aryl methyl sites for hydroxylation is 1. The summed E-state index contributed by atoms with van der Waals surface area (Å²) in [4.78, 5) is 15.6. The van der Waals surface area contributed by atoms with Crippen LogP contribution in [0.5, 0.6) is 11.6 Å². The molecular formula is C13H12N4O3. The fourth-order valence-corrected chi connectivity index (χ4v) is 1.92. The molecule has 0 aliphatic heterocycles. The van der Waals surface area contributed by atoms with E-state index in [0.717, 1.165) is 0 Å². The fraction of sp³-hybridized carbons (Fsp3) is 0.154. The summed E-state index contributed by atoms with van der Waals surface area (Å²) in [7, 11) is 0. The molecule has 0 unspecified atom stereocenters. The summed E-state index contributed by atoms with van der Waals surface area (Å²) in [6.07, 6.45) is 4.85. The Morgan fingerprint density at radius 3 is 3.00 bits per heavy atom. The number of fused-ring (bicyclic) bond motifs is 1. The van der Waals surface area contributed by atoms with Crippen LogP contribution < -0.4 is 4.74 Å². The first-order chi connectivity index (χ1) is 9.69. The predicted molar refractivity (Wildman–Crippen MR) is 70.1 cm³/mol. The summed E-state index contributed by atoms with van der Waals surface area (Å²) in [5.41, 5.74) is 0.507. The van der Waals surface area contributed by atoms with Crippen molar-refractivity contribution in [3.8, 4) is 11.6 Å². The second kappa shape index (κ2) is 4.69. The third-order valence-electron chi connectivity index (χ3n) is 2.85. The lowest BCUT2D eigenvalue weighted by Gasteiger charge is -2.00. The van der Waals surface area contributed by atoms with Gasteiger partial charge < -0.3 is 9.84 Å². The number of imidazole rings is 1. The van der Waals surface area contributed by atoms with Crippen LogP contribution in [0.3, 0.4) is 0 Å². The highest BCUT2D eigenvalue weighted by molar-refractivity contribution is 5.89. The first-order valence-electron chi connectivity index (χ1n) is 6.09. The molecule has 3 aromatic rings. The summed E-state index contributed by atoms with van der Waals surface area (Å²) in [5.74, 6) is -0.585. The summed E-state index contributed by atoms with van der Waals surface area (Å²) < 4.78 is 8.70. The van der Waals surface area contributed by atoms with Gasteiger partial charge in [-0.05, 0) is 19.1 Å². The highest BCUT2D eigenvalue weighted by Gasteiger charge is 2.20. The number of hydrogen-bond donors (Lipinski definition) is 1. The molecular weight excluding hydrogens is 260 g/mol. The number of carboxylic acid groups (broad SMARTS) is 1. The average molecular weight is 272 g/mol. The van der Waals surface area contributed by atoms with Crippen molar-refractivity contribution >= 4 is 11.6 Å². The van der Waals surface area contributed by atoms with E-state index in [9.17, 15) is 9.90 Å². The molecule has 7 nitrogen and oxygen atoms in total. The number of aromatic carboxylic acids is 1. The monoisotopic (exact) mass is 272 g/mol. The van der Waals surface area contributed by atoms with Gasteiger partial charge in [0.15, 0.2) is 11.4 Å². The van der Waals surface area contributed by atoms with Gasteiger partial charge in [0, 0.05) is 12.7 Å². The van der Waals surface area contributed by atoms with Gasteiger partial charge in [0.1, 0.15) is 5.65 Å². The second-order valence-electron chi connectivity index (χ2n) is 4.13. The van der Waals surface area contributed by atoms with Gasteiger partial charge in [-0.2, -0.15) is 10.1 Å². The van der Waals surface area contributed by atoms with E-state index in [1.54, 1.807) is 35.3 Å². The Hall–Kier alpha value is -2.83. The van der Waals surface area contributed by atoms with Crippen molar-refractivity contribution in [3.05, 3.63) is 42.5 Å². The van der Waals surface area contributed by atoms with E-state index in [4.69, 9.17) is 4.74 Å². The van der Waals surface area contributed by atoms with Crippen LogP contribution in [-0.2, 0) is 6.54 Å². The molecule has 3 heterocycles. The zero-order chi connectivity index (χ0) is 14.1. The van der Waals surface area contributed by atoms with Crippen molar-refractivity contribution in [2.24, 2.45) is 0 Å². The third kappa shape index (κ3) is 1.99. The van der Waals surface area contributed by atoms with Crippen molar-refractivity contribution in [2.45, 2.75) is 13.5 Å². The summed E-state index contributed by atoms with van der Waals surface area (Å²) in [5, 5.41) is 13.4. The molecule has 0 atom stereocenters. The Bertz CT molecular complexity index is 775. The van der Waals surface area contributed by atoms with E-state index < -0.39 is 5.97 Å². The number of hydrogen-bond acceptors (Lipinski definition) is 4. The SMILES string of the molecule is CCn1cc(Oc2nc3ccccn3c2C(=O)O)cn1. The minimum Gasteiger partial charge on any atom is -0.476 e. The molecule has 0 aromatic carbocycles. The van der Waals surface area contributed by atoms with Crippen molar-refractivity contribution in [1.82, 2.24) is 19.2 Å². The molecule has 7 heteroatoms. The summed E-state index contributed by atoms with van der Waals surface area (Å²) >= 11 is 0. The van der Waals surface area contributed by atoms with E-state index in [1.165, 1.54) is 10.6 Å². The standard InChI is InChI=1S/C13H12N4O3/c1-2-16-8-9(7-14-16)20-12-11(13(18)19)17-6-4-3-5-10(17)15-12/h3-8H,2H2,1H3,(H,18,19). The van der Waals surface area contributed by atoms with E-state index in [-0.39, 0.29) is 11.6 Å². The molecule has 0 amide bonds. The van der Waals surface area contributed by atoms with Crippen LogP contribution in [0.25, 0.3) is 5.65 Å². The lowest BCUT2D eigenvalue weighted by Crippen LogP contribution is -2.03. The highest BCUT2D eigenvalue weighted by Crippen LogP contribution is 2.25. The van der Waals surface area contributed by atoms with Crippen LogP contribution in [0, 0.1) is 0 Å². The molecule has 102 valence electrons. The van der Waals surface area contributed by atoms with Crippen LogP contribution in [0.15, 0.2) is 36.8 Å². The number of ether oxygens (including phenoxy) is 1. The van der Waals surface area contributed by atoms with Gasteiger partial charge in [-0.3, -0.25) is 9.08 Å². The van der Waals surface area contributed by atoms with Gasteiger partial charge in [-0.15, -0.1) is 0 Å². The van der Waals surface area contributed by atoms with Gasteiger partial charge in [0.25, 0.3) is 5.88 Å². The topological polar surface area (TPSA) is 81.7 Å². The Morgan fingerprint density at radius 1 is 1.45 bits per heavy atom. The van der Waals surface area contributed by atoms with Gasteiger partial charge >= 0.3 is 5.97 Å². The van der Waals surface area contributed by atoms with Gasteiger partial charge in [-0.25, -0.2) is 4.79 Å². The minimum absolute atomic E-state index is 0.00940. The van der Waals surface area contributed by atoms with Crippen molar-refractivity contribution in [1.29, 1.82) is 0 Å². The Morgan fingerprint density at radius 2 is 2.30 bits per heavy atom. The molecule has 0 saturated carbocycles. The summed E-state index contributed by atoms with van der Waals surface area (Å²) in [6.45, 7) is 2.66. The smallest absolute Gasteiger partial charge is 0.358 e. The minimum atomic E-state index is -1.10. The Kier molecular flexibility index (Phi) is 2.86. The largest absolute Gasteiger partial charge is 0.476 e. The number of nitrogens with zero attached hydrogens (tertiary/aromatic N) is 4. The zero-order valence-electron chi connectivity index (χ0n) is 10.7. The van der Waals surface area contributed by atoms with Crippen molar-refractivity contribution in [3.63, 3.8) is 0 Å². The number of rotatable bonds is 4. The quantitative estimate of drug-likeness (QED) is 0.786. The molecule has 0 aliphatic carbocycles. The fourth-order valence-electron chi connectivity index (χ4n) is 1.92. The molecule has 20 heavy (non-hydrogen) atoms. The third-order valence-corrected chi connectivity index (χ3v) is 2.85. The van der Waals surface area contributed by atoms with Crippen LogP contribution in [0.2, 0.25) is 0 Å². The number of aromatic nitrogens is 4. The average Bonchev–Trinajstić information content (AvgIpc) is 3.02. The molecule has 0 fully saturated rings.